The molecule has 0 saturated heterocycles. The van der Waals surface area contributed by atoms with Crippen molar-refractivity contribution in [2.24, 2.45) is 0 Å². The number of fused-ring (bicyclic) bond motifs is 1. The van der Waals surface area contributed by atoms with Crippen molar-refractivity contribution in [3.63, 3.8) is 0 Å². The Hall–Kier alpha value is -3.62. The second-order valence-electron chi connectivity index (χ2n) is 8.06. The Kier molecular flexibility index (Phi) is 5.98. The van der Waals surface area contributed by atoms with Gasteiger partial charge in [-0.15, -0.1) is 0 Å². The molecule has 0 spiro atoms. The van der Waals surface area contributed by atoms with E-state index in [1.54, 1.807) is 24.4 Å². The highest BCUT2D eigenvalue weighted by Crippen LogP contribution is 2.25. The van der Waals surface area contributed by atoms with Crippen LogP contribution in [0.3, 0.4) is 0 Å². The van der Waals surface area contributed by atoms with Crippen molar-refractivity contribution in [3.8, 4) is 0 Å². The number of amides is 3. The number of rotatable bonds is 5. The summed E-state index contributed by atoms with van der Waals surface area (Å²) in [6.45, 7) is 3.40. The minimum atomic E-state index is -0.626. The molecule has 0 radical (unpaired) electrons. The van der Waals surface area contributed by atoms with Gasteiger partial charge in [0, 0.05) is 18.3 Å². The Labute approximate surface area is 184 Å². The number of nitrogens with one attached hydrogen (secondary N) is 1. The number of imide groups is 1. The molecule has 0 aliphatic heterocycles. The highest BCUT2D eigenvalue weighted by molar-refractivity contribution is 6.01. The lowest BCUT2D eigenvalue weighted by Crippen LogP contribution is -2.46. The fourth-order valence-electron chi connectivity index (χ4n) is 4.30. The SMILES string of the molecule is Cc1ncc(F)cc1C(=O)N(C=O)C1CCC(NC(=O)c2c(C)nc3ccccn23)CC1. The van der Waals surface area contributed by atoms with E-state index in [-0.39, 0.29) is 23.6 Å². The standard InChI is InChI=1S/C23H24FN5O3/c1-14-19(11-16(24)12-25-14)23(32)29(13-30)18-8-6-17(7-9-18)27-22(31)21-15(2)26-20-5-3-4-10-28(20)21/h3-5,10-13,17-18H,6-9H2,1-2H3,(H,27,31). The molecule has 4 rings (SSSR count). The second kappa shape index (κ2) is 8.86. The first-order valence-corrected chi connectivity index (χ1v) is 10.5. The van der Waals surface area contributed by atoms with E-state index in [4.69, 9.17) is 0 Å². The summed E-state index contributed by atoms with van der Waals surface area (Å²) in [7, 11) is 0. The molecule has 0 unspecified atom stereocenters. The van der Waals surface area contributed by atoms with Crippen molar-refractivity contribution in [2.75, 3.05) is 0 Å². The number of nitrogens with zero attached hydrogens (tertiary/aromatic N) is 4. The third-order valence-electron chi connectivity index (χ3n) is 5.98. The third kappa shape index (κ3) is 4.10. The quantitative estimate of drug-likeness (QED) is 0.619. The van der Waals surface area contributed by atoms with Crippen molar-refractivity contribution >= 4 is 23.9 Å². The van der Waals surface area contributed by atoms with Crippen molar-refractivity contribution in [1.82, 2.24) is 24.6 Å². The maximum atomic E-state index is 13.6. The van der Waals surface area contributed by atoms with Gasteiger partial charge in [-0.05, 0) is 57.7 Å². The number of imidazole rings is 1. The van der Waals surface area contributed by atoms with Gasteiger partial charge in [0.1, 0.15) is 17.2 Å². The van der Waals surface area contributed by atoms with Crippen LogP contribution in [-0.4, -0.2) is 49.6 Å². The van der Waals surface area contributed by atoms with Gasteiger partial charge in [0.2, 0.25) is 6.41 Å². The molecule has 166 valence electrons. The van der Waals surface area contributed by atoms with Gasteiger partial charge in [0.25, 0.3) is 11.8 Å². The van der Waals surface area contributed by atoms with Crippen molar-refractivity contribution in [1.29, 1.82) is 0 Å². The first kappa shape index (κ1) is 21.6. The minimum absolute atomic E-state index is 0.0754. The summed E-state index contributed by atoms with van der Waals surface area (Å²) in [5.41, 5.74) is 2.31. The van der Waals surface area contributed by atoms with E-state index in [1.165, 1.54) is 0 Å². The molecule has 1 aliphatic carbocycles. The molecule has 1 fully saturated rings. The molecular formula is C23H24FN5O3. The summed E-state index contributed by atoms with van der Waals surface area (Å²) in [5, 5.41) is 3.06. The molecule has 1 aliphatic rings. The maximum absolute atomic E-state index is 13.6. The summed E-state index contributed by atoms with van der Waals surface area (Å²) in [4.78, 5) is 46.9. The van der Waals surface area contributed by atoms with Gasteiger partial charge in [-0.3, -0.25) is 28.7 Å². The molecule has 0 bridgehead atoms. The van der Waals surface area contributed by atoms with E-state index in [0.717, 1.165) is 17.2 Å². The molecule has 0 aromatic carbocycles. The molecule has 3 aromatic heterocycles. The van der Waals surface area contributed by atoms with Gasteiger partial charge in [0.15, 0.2) is 0 Å². The normalized spacial score (nSPS) is 18.3. The predicted molar refractivity (Wildman–Crippen MR) is 115 cm³/mol. The monoisotopic (exact) mass is 437 g/mol. The molecule has 3 aromatic rings. The smallest absolute Gasteiger partial charge is 0.270 e. The van der Waals surface area contributed by atoms with Crippen molar-refractivity contribution < 1.29 is 18.8 Å². The van der Waals surface area contributed by atoms with E-state index < -0.39 is 11.7 Å². The van der Waals surface area contributed by atoms with Crippen LogP contribution in [0.1, 0.15) is 57.9 Å². The Morgan fingerprint density at radius 3 is 2.66 bits per heavy atom. The predicted octanol–water partition coefficient (Wildman–Crippen LogP) is 2.83. The summed E-state index contributed by atoms with van der Waals surface area (Å²) in [6, 6.07) is 6.27. The summed E-state index contributed by atoms with van der Waals surface area (Å²) in [6.07, 6.45) is 5.66. The van der Waals surface area contributed by atoms with Crippen LogP contribution in [0, 0.1) is 19.7 Å². The lowest BCUT2D eigenvalue weighted by Gasteiger charge is -2.34. The van der Waals surface area contributed by atoms with Crippen LogP contribution in [0.25, 0.3) is 5.65 Å². The number of carbonyl (C=O) groups is 3. The second-order valence-corrected chi connectivity index (χ2v) is 8.06. The van der Waals surface area contributed by atoms with Gasteiger partial charge in [-0.2, -0.15) is 0 Å². The van der Waals surface area contributed by atoms with E-state index in [2.05, 4.69) is 15.3 Å². The highest BCUT2D eigenvalue weighted by Gasteiger charge is 2.31. The third-order valence-corrected chi connectivity index (χ3v) is 5.98. The van der Waals surface area contributed by atoms with E-state index in [1.807, 2.05) is 18.2 Å². The minimum Gasteiger partial charge on any atom is -0.348 e. The molecular weight excluding hydrogens is 413 g/mol. The number of pyridine rings is 2. The Balaban J connectivity index is 1.41. The number of hydrogen-bond acceptors (Lipinski definition) is 5. The van der Waals surface area contributed by atoms with E-state index in [9.17, 15) is 18.8 Å². The number of halogens is 1. The first-order chi connectivity index (χ1) is 15.4. The maximum Gasteiger partial charge on any atom is 0.270 e. The van der Waals surface area contributed by atoms with E-state index in [0.29, 0.717) is 54.8 Å². The van der Waals surface area contributed by atoms with Crippen LogP contribution in [0.2, 0.25) is 0 Å². The molecule has 9 heteroatoms. The molecule has 8 nitrogen and oxygen atoms in total. The number of aryl methyl sites for hydroxylation is 2. The number of aromatic nitrogens is 3. The molecule has 0 atom stereocenters. The van der Waals surface area contributed by atoms with E-state index >= 15 is 0 Å². The molecule has 32 heavy (non-hydrogen) atoms. The Morgan fingerprint density at radius 1 is 1.19 bits per heavy atom. The summed E-state index contributed by atoms with van der Waals surface area (Å²) in [5.74, 6) is -1.38. The molecule has 3 amide bonds. The van der Waals surface area contributed by atoms with Crippen molar-refractivity contribution in [2.45, 2.75) is 51.6 Å². The highest BCUT2D eigenvalue weighted by atomic mass is 19.1. The van der Waals surface area contributed by atoms with Gasteiger partial charge in [-0.1, -0.05) is 6.07 Å². The zero-order valence-corrected chi connectivity index (χ0v) is 17.9. The molecule has 1 saturated carbocycles. The molecule has 1 N–H and O–H groups in total. The van der Waals surface area contributed by atoms with Gasteiger partial charge in [-0.25, -0.2) is 9.37 Å². The average molecular weight is 437 g/mol. The zero-order chi connectivity index (χ0) is 22.8. The largest absolute Gasteiger partial charge is 0.348 e. The van der Waals surface area contributed by atoms with Crippen LogP contribution in [0.5, 0.6) is 0 Å². The summed E-state index contributed by atoms with van der Waals surface area (Å²) < 4.78 is 15.3. The summed E-state index contributed by atoms with van der Waals surface area (Å²) >= 11 is 0. The zero-order valence-electron chi connectivity index (χ0n) is 17.9. The fourth-order valence-corrected chi connectivity index (χ4v) is 4.30. The van der Waals surface area contributed by atoms with Crippen molar-refractivity contribution in [3.05, 3.63) is 65.1 Å². The van der Waals surface area contributed by atoms with Crippen LogP contribution in [0.15, 0.2) is 36.7 Å². The number of hydrogen-bond donors (Lipinski definition) is 1. The topological polar surface area (TPSA) is 96.7 Å². The fraction of sp³-hybridized carbons (Fsp3) is 0.348. The van der Waals surface area contributed by atoms with Crippen LogP contribution >= 0.6 is 0 Å². The van der Waals surface area contributed by atoms with Gasteiger partial charge < -0.3 is 5.32 Å². The van der Waals surface area contributed by atoms with Crippen LogP contribution in [-0.2, 0) is 4.79 Å². The Bertz CT molecular complexity index is 1180. The lowest BCUT2D eigenvalue weighted by atomic mass is 9.90. The average Bonchev–Trinajstić information content (AvgIpc) is 3.12. The lowest BCUT2D eigenvalue weighted by molar-refractivity contribution is -0.118. The van der Waals surface area contributed by atoms with Crippen LogP contribution < -0.4 is 5.32 Å². The Morgan fingerprint density at radius 2 is 1.94 bits per heavy atom. The van der Waals surface area contributed by atoms with Gasteiger partial charge in [0.05, 0.1) is 23.1 Å². The molecule has 3 heterocycles. The first-order valence-electron chi connectivity index (χ1n) is 10.5. The number of carbonyl (C=O) groups excluding carboxylic acids is 3. The van der Waals surface area contributed by atoms with Crippen LogP contribution in [0.4, 0.5) is 4.39 Å². The van der Waals surface area contributed by atoms with Gasteiger partial charge >= 0.3 is 0 Å².